The van der Waals surface area contributed by atoms with Crippen LogP contribution in [0, 0.1) is 0 Å². The molecule has 1 N–H and O–H groups in total. The summed E-state index contributed by atoms with van der Waals surface area (Å²) in [7, 11) is 0. The van der Waals surface area contributed by atoms with Gasteiger partial charge in [-0.1, -0.05) is 55.0 Å². The van der Waals surface area contributed by atoms with Crippen LogP contribution in [0.15, 0.2) is 54.6 Å². The van der Waals surface area contributed by atoms with Gasteiger partial charge in [-0.25, -0.2) is 0 Å². The largest absolute Gasteiger partial charge is 0.319 e. The second-order valence-corrected chi connectivity index (χ2v) is 7.26. The van der Waals surface area contributed by atoms with Gasteiger partial charge in [0.1, 0.15) is 0 Å². The highest BCUT2D eigenvalue weighted by Crippen LogP contribution is 2.28. The van der Waals surface area contributed by atoms with Crippen LogP contribution >= 0.6 is 0 Å². The summed E-state index contributed by atoms with van der Waals surface area (Å²) in [5, 5.41) is 2.85. The monoisotopic (exact) mass is 360 g/mol. The molecule has 1 aliphatic carbocycles. The highest BCUT2D eigenvalue weighted by Gasteiger charge is 2.25. The van der Waals surface area contributed by atoms with Crippen LogP contribution in [-0.4, -0.2) is 29.7 Å². The number of Topliss-reactive ketones (excluding diaryl/α,β-unsaturated/α-hetero) is 1. The van der Waals surface area contributed by atoms with Crippen LogP contribution in [0.25, 0.3) is 5.57 Å². The summed E-state index contributed by atoms with van der Waals surface area (Å²) in [6, 6.07) is 15.5. The predicted molar refractivity (Wildman–Crippen MR) is 107 cm³/mol. The van der Waals surface area contributed by atoms with Gasteiger partial charge in [-0.15, -0.1) is 0 Å². The molecule has 0 aromatic heterocycles. The summed E-state index contributed by atoms with van der Waals surface area (Å²) in [4.78, 5) is 27.8. The Balaban J connectivity index is 1.48. The summed E-state index contributed by atoms with van der Waals surface area (Å²) >= 11 is 0. The Hall–Kier alpha value is -2.72. The van der Waals surface area contributed by atoms with Crippen molar-refractivity contribution < 1.29 is 9.59 Å². The molecule has 4 heteroatoms. The van der Waals surface area contributed by atoms with Crippen molar-refractivity contribution in [2.75, 3.05) is 18.4 Å². The minimum absolute atomic E-state index is 0.465. The Labute approximate surface area is 159 Å². The van der Waals surface area contributed by atoms with Crippen molar-refractivity contribution in [1.82, 2.24) is 4.90 Å². The smallest absolute Gasteiger partial charge is 0.296 e. The van der Waals surface area contributed by atoms with E-state index in [2.05, 4.69) is 10.2 Å². The quantitative estimate of drug-likeness (QED) is 0.825. The summed E-state index contributed by atoms with van der Waals surface area (Å²) in [5.41, 5.74) is 4.27. The molecule has 0 saturated carbocycles. The number of nitrogens with zero attached hydrogens (tertiary/aromatic N) is 1. The first-order valence-corrected chi connectivity index (χ1v) is 9.67. The molecule has 0 spiro atoms. The Kier molecular flexibility index (Phi) is 5.16. The maximum absolute atomic E-state index is 12.7. The molecule has 1 fully saturated rings. The molecule has 2 aliphatic rings. The van der Waals surface area contributed by atoms with E-state index in [4.69, 9.17) is 0 Å². The molecule has 1 saturated heterocycles. The lowest BCUT2D eigenvalue weighted by atomic mass is 10.0. The van der Waals surface area contributed by atoms with Crippen LogP contribution in [0.2, 0.25) is 0 Å². The van der Waals surface area contributed by atoms with Crippen LogP contribution < -0.4 is 5.32 Å². The average Bonchev–Trinajstić information content (AvgIpc) is 3.14. The fourth-order valence-corrected chi connectivity index (χ4v) is 3.94. The van der Waals surface area contributed by atoms with Crippen molar-refractivity contribution in [3.8, 4) is 0 Å². The van der Waals surface area contributed by atoms with E-state index in [0.717, 1.165) is 42.0 Å². The van der Waals surface area contributed by atoms with E-state index in [-0.39, 0.29) is 0 Å². The van der Waals surface area contributed by atoms with E-state index < -0.39 is 11.7 Å². The standard InChI is InChI=1S/C23H24N2O2/c26-22(20-13-12-17-8-2-4-10-19(17)20)23(27)24-21-11-5-3-9-18(21)16-25-14-6-1-7-15-25/h2-5,8-11,13H,1,6-7,12,14-16H2,(H,24,27). The first kappa shape index (κ1) is 17.7. The van der Waals surface area contributed by atoms with Crippen molar-refractivity contribution in [2.45, 2.75) is 32.2 Å². The fourth-order valence-electron chi connectivity index (χ4n) is 3.94. The van der Waals surface area contributed by atoms with Crippen molar-refractivity contribution in [3.05, 3.63) is 71.3 Å². The second kappa shape index (κ2) is 7.89. The van der Waals surface area contributed by atoms with Crippen LogP contribution in [0.4, 0.5) is 5.69 Å². The maximum atomic E-state index is 12.7. The van der Waals surface area contributed by atoms with Gasteiger partial charge in [-0.2, -0.15) is 0 Å². The van der Waals surface area contributed by atoms with Crippen LogP contribution in [0.5, 0.6) is 0 Å². The summed E-state index contributed by atoms with van der Waals surface area (Å²) < 4.78 is 0. The van der Waals surface area contributed by atoms with Crippen LogP contribution in [0.3, 0.4) is 0 Å². The van der Waals surface area contributed by atoms with Gasteiger partial charge in [0.05, 0.1) is 0 Å². The normalized spacial score (nSPS) is 16.5. The highest BCUT2D eigenvalue weighted by molar-refractivity contribution is 6.56. The number of allylic oxidation sites excluding steroid dienone is 1. The molecule has 0 unspecified atom stereocenters. The molecule has 0 radical (unpaired) electrons. The zero-order valence-electron chi connectivity index (χ0n) is 15.4. The maximum Gasteiger partial charge on any atom is 0.296 e. The molecule has 0 bridgehead atoms. The molecule has 4 nitrogen and oxygen atoms in total. The lowest BCUT2D eigenvalue weighted by Crippen LogP contribution is -2.30. The number of likely N-dealkylation sites (tertiary alicyclic amines) is 1. The van der Waals surface area contributed by atoms with Gasteiger partial charge in [0.25, 0.3) is 11.7 Å². The predicted octanol–water partition coefficient (Wildman–Crippen LogP) is 3.82. The first-order valence-electron chi connectivity index (χ1n) is 9.67. The lowest BCUT2D eigenvalue weighted by molar-refractivity contribution is -0.131. The molecule has 0 atom stereocenters. The molecule has 138 valence electrons. The van der Waals surface area contributed by atoms with Gasteiger partial charge < -0.3 is 5.32 Å². The van der Waals surface area contributed by atoms with Crippen LogP contribution in [0.1, 0.15) is 36.0 Å². The third kappa shape index (κ3) is 3.86. The third-order valence-electron chi connectivity index (χ3n) is 5.39. The second-order valence-electron chi connectivity index (χ2n) is 7.26. The van der Waals surface area contributed by atoms with E-state index in [1.807, 2.05) is 54.6 Å². The van der Waals surface area contributed by atoms with Crippen molar-refractivity contribution in [2.24, 2.45) is 0 Å². The van der Waals surface area contributed by atoms with Crippen LogP contribution in [-0.2, 0) is 22.6 Å². The van der Waals surface area contributed by atoms with E-state index in [1.165, 1.54) is 19.3 Å². The minimum atomic E-state index is -0.566. The SMILES string of the molecule is O=C(Nc1ccccc1CN1CCCCC1)C(=O)C1=CCc2ccccc21. The van der Waals surface area contributed by atoms with Crippen molar-refractivity contribution in [3.63, 3.8) is 0 Å². The Morgan fingerprint density at radius 1 is 0.926 bits per heavy atom. The topological polar surface area (TPSA) is 49.4 Å². The number of rotatable bonds is 5. The summed E-state index contributed by atoms with van der Waals surface area (Å²) in [6.07, 6.45) is 6.30. The zero-order valence-corrected chi connectivity index (χ0v) is 15.4. The van der Waals surface area contributed by atoms with Gasteiger partial charge in [0.2, 0.25) is 0 Å². The Morgan fingerprint density at radius 3 is 2.52 bits per heavy atom. The Morgan fingerprint density at radius 2 is 1.67 bits per heavy atom. The van der Waals surface area contributed by atoms with Gasteiger partial charge >= 0.3 is 0 Å². The number of piperidine rings is 1. The number of carbonyl (C=O) groups is 2. The molecule has 4 rings (SSSR count). The average molecular weight is 360 g/mol. The number of benzene rings is 2. The zero-order chi connectivity index (χ0) is 18.6. The lowest BCUT2D eigenvalue weighted by Gasteiger charge is -2.27. The number of hydrogen-bond donors (Lipinski definition) is 1. The number of carbonyl (C=O) groups excluding carboxylic acids is 2. The number of anilines is 1. The summed E-state index contributed by atoms with van der Waals surface area (Å²) in [6.45, 7) is 2.98. The molecule has 1 amide bonds. The number of para-hydroxylation sites is 1. The fraction of sp³-hybridized carbons (Fsp3) is 0.304. The molecule has 2 aromatic rings. The van der Waals surface area contributed by atoms with E-state index in [9.17, 15) is 9.59 Å². The van der Waals surface area contributed by atoms with Gasteiger partial charge in [0.15, 0.2) is 0 Å². The number of nitrogens with one attached hydrogen (secondary N) is 1. The molecular formula is C23H24N2O2. The van der Waals surface area contributed by atoms with E-state index in [0.29, 0.717) is 12.0 Å². The third-order valence-corrected chi connectivity index (χ3v) is 5.39. The minimum Gasteiger partial charge on any atom is -0.319 e. The summed E-state index contributed by atoms with van der Waals surface area (Å²) in [5.74, 6) is -1.03. The molecule has 1 heterocycles. The molecular weight excluding hydrogens is 336 g/mol. The highest BCUT2D eigenvalue weighted by atomic mass is 16.2. The number of fused-ring (bicyclic) bond motifs is 1. The number of hydrogen-bond acceptors (Lipinski definition) is 3. The van der Waals surface area contributed by atoms with E-state index >= 15 is 0 Å². The number of amides is 1. The first-order chi connectivity index (χ1) is 13.2. The molecule has 1 aliphatic heterocycles. The Bertz CT molecular complexity index is 895. The molecule has 2 aromatic carbocycles. The van der Waals surface area contributed by atoms with Gasteiger partial charge in [-0.05, 0) is 55.1 Å². The van der Waals surface area contributed by atoms with Gasteiger partial charge in [-0.3, -0.25) is 14.5 Å². The van der Waals surface area contributed by atoms with Gasteiger partial charge in [0, 0.05) is 17.8 Å². The van der Waals surface area contributed by atoms with Crippen molar-refractivity contribution >= 4 is 23.0 Å². The van der Waals surface area contributed by atoms with E-state index in [1.54, 1.807) is 0 Å². The van der Waals surface area contributed by atoms with Crippen molar-refractivity contribution in [1.29, 1.82) is 0 Å². The molecule has 27 heavy (non-hydrogen) atoms. The number of ketones is 1.